The van der Waals surface area contributed by atoms with Crippen LogP contribution in [0.5, 0.6) is 0 Å². The van der Waals surface area contributed by atoms with Gasteiger partial charge in [0, 0.05) is 5.54 Å². The highest BCUT2D eigenvalue weighted by atomic mass is 15.1. The second-order valence-electron chi connectivity index (χ2n) is 4.57. The fraction of sp³-hybridized carbons (Fsp3) is 1.00. The van der Waals surface area contributed by atoms with Gasteiger partial charge in [-0.05, 0) is 52.9 Å². The van der Waals surface area contributed by atoms with Crippen LogP contribution in [0, 0.1) is 0 Å². The van der Waals surface area contributed by atoms with Crippen LogP contribution in [-0.2, 0) is 0 Å². The Kier molecular flexibility index (Phi) is 4.20. The maximum atomic E-state index is 3.71. The predicted octanol–water partition coefficient (Wildman–Crippen LogP) is 1.86. The van der Waals surface area contributed by atoms with Gasteiger partial charge in [0.1, 0.15) is 0 Å². The molecule has 1 unspecified atom stereocenters. The highest BCUT2D eigenvalue weighted by Gasteiger charge is 2.28. The lowest BCUT2D eigenvalue weighted by molar-refractivity contribution is 0.205. The molecule has 1 heterocycles. The van der Waals surface area contributed by atoms with E-state index >= 15 is 0 Å². The van der Waals surface area contributed by atoms with E-state index < -0.39 is 0 Å². The van der Waals surface area contributed by atoms with Gasteiger partial charge in [0.25, 0.3) is 0 Å². The zero-order chi connectivity index (χ0) is 9.73. The van der Waals surface area contributed by atoms with E-state index in [0.717, 1.165) is 0 Å². The lowest BCUT2D eigenvalue weighted by Crippen LogP contribution is -2.49. The van der Waals surface area contributed by atoms with Crippen LogP contribution in [-0.4, -0.2) is 37.6 Å². The van der Waals surface area contributed by atoms with Gasteiger partial charge in [-0.1, -0.05) is 13.3 Å². The number of piperidine rings is 1. The Labute approximate surface area is 82.7 Å². The van der Waals surface area contributed by atoms with E-state index in [1.807, 2.05) is 0 Å². The first-order valence-electron chi connectivity index (χ1n) is 5.58. The maximum absolute atomic E-state index is 3.71. The summed E-state index contributed by atoms with van der Waals surface area (Å²) in [5.41, 5.74) is 0.461. The molecule has 78 valence electrons. The van der Waals surface area contributed by atoms with Crippen molar-refractivity contribution in [3.63, 3.8) is 0 Å². The molecule has 0 spiro atoms. The fourth-order valence-electron chi connectivity index (χ4n) is 2.16. The molecule has 1 aliphatic heterocycles. The molecule has 1 atom stereocenters. The molecular formula is C11H24N2. The molecule has 0 aliphatic carbocycles. The summed E-state index contributed by atoms with van der Waals surface area (Å²) >= 11 is 0. The second kappa shape index (κ2) is 4.97. The summed E-state index contributed by atoms with van der Waals surface area (Å²) in [6.45, 7) is 4.75. The third-order valence-corrected chi connectivity index (χ3v) is 3.30. The van der Waals surface area contributed by atoms with Gasteiger partial charge in [-0.3, -0.25) is 0 Å². The van der Waals surface area contributed by atoms with Crippen molar-refractivity contribution in [2.45, 2.75) is 44.6 Å². The monoisotopic (exact) mass is 184 g/mol. The van der Waals surface area contributed by atoms with Gasteiger partial charge in [0.2, 0.25) is 0 Å². The van der Waals surface area contributed by atoms with Crippen LogP contribution >= 0.6 is 0 Å². The van der Waals surface area contributed by atoms with Crippen LogP contribution in [0.4, 0.5) is 0 Å². The third kappa shape index (κ3) is 3.28. The minimum Gasteiger partial charge on any atom is -0.311 e. The van der Waals surface area contributed by atoms with Crippen molar-refractivity contribution in [1.29, 1.82) is 0 Å². The van der Waals surface area contributed by atoms with Crippen LogP contribution in [0.2, 0.25) is 0 Å². The highest BCUT2D eigenvalue weighted by Crippen LogP contribution is 2.26. The second-order valence-corrected chi connectivity index (χ2v) is 4.57. The van der Waals surface area contributed by atoms with E-state index in [1.54, 1.807) is 0 Å². The van der Waals surface area contributed by atoms with Gasteiger partial charge in [-0.2, -0.15) is 0 Å². The molecular weight excluding hydrogens is 160 g/mol. The van der Waals surface area contributed by atoms with E-state index in [4.69, 9.17) is 0 Å². The summed E-state index contributed by atoms with van der Waals surface area (Å²) in [5.74, 6) is 0. The zero-order valence-corrected chi connectivity index (χ0v) is 9.40. The molecule has 1 saturated heterocycles. The van der Waals surface area contributed by atoms with E-state index in [-0.39, 0.29) is 0 Å². The van der Waals surface area contributed by atoms with E-state index in [0.29, 0.717) is 5.54 Å². The minimum absolute atomic E-state index is 0.461. The molecule has 1 fully saturated rings. The van der Waals surface area contributed by atoms with Gasteiger partial charge in [-0.25, -0.2) is 0 Å². The SMILES string of the molecule is CCC1(CCN(C)C)CCCCN1. The van der Waals surface area contributed by atoms with E-state index in [1.165, 1.54) is 45.2 Å². The largest absolute Gasteiger partial charge is 0.311 e. The van der Waals surface area contributed by atoms with Gasteiger partial charge >= 0.3 is 0 Å². The molecule has 0 aromatic carbocycles. The number of hydrogen-bond acceptors (Lipinski definition) is 2. The summed E-state index contributed by atoms with van der Waals surface area (Å²) in [5, 5.41) is 3.71. The Bertz CT molecular complexity index is 137. The van der Waals surface area contributed by atoms with E-state index in [9.17, 15) is 0 Å². The smallest absolute Gasteiger partial charge is 0.0191 e. The first kappa shape index (κ1) is 11.0. The van der Waals surface area contributed by atoms with Crippen molar-refractivity contribution in [1.82, 2.24) is 10.2 Å². The van der Waals surface area contributed by atoms with Crippen molar-refractivity contribution in [2.75, 3.05) is 27.2 Å². The van der Waals surface area contributed by atoms with Gasteiger partial charge in [0.05, 0.1) is 0 Å². The van der Waals surface area contributed by atoms with Crippen molar-refractivity contribution in [3.05, 3.63) is 0 Å². The van der Waals surface area contributed by atoms with Crippen molar-refractivity contribution < 1.29 is 0 Å². The summed E-state index contributed by atoms with van der Waals surface area (Å²) in [6.07, 6.45) is 6.73. The van der Waals surface area contributed by atoms with Crippen LogP contribution in [0.15, 0.2) is 0 Å². The molecule has 2 nitrogen and oxygen atoms in total. The molecule has 1 N–H and O–H groups in total. The zero-order valence-electron chi connectivity index (χ0n) is 9.40. The molecule has 13 heavy (non-hydrogen) atoms. The standard InChI is InChI=1S/C11H24N2/c1-4-11(8-10-13(2)3)7-5-6-9-12-11/h12H,4-10H2,1-3H3. The first-order valence-corrected chi connectivity index (χ1v) is 5.58. The predicted molar refractivity (Wildman–Crippen MR) is 58.0 cm³/mol. The molecule has 1 aliphatic rings. The van der Waals surface area contributed by atoms with Gasteiger partial charge in [-0.15, -0.1) is 0 Å². The first-order chi connectivity index (χ1) is 6.18. The Morgan fingerprint density at radius 2 is 2.08 bits per heavy atom. The topological polar surface area (TPSA) is 15.3 Å². The van der Waals surface area contributed by atoms with E-state index in [2.05, 4.69) is 31.2 Å². The third-order valence-electron chi connectivity index (χ3n) is 3.30. The average Bonchev–Trinajstić information content (AvgIpc) is 2.16. The quantitative estimate of drug-likeness (QED) is 0.717. The Hall–Kier alpha value is -0.0800. The Balaban J connectivity index is 2.38. The Morgan fingerprint density at radius 3 is 2.54 bits per heavy atom. The molecule has 0 amide bonds. The lowest BCUT2D eigenvalue weighted by atomic mass is 9.83. The van der Waals surface area contributed by atoms with Crippen molar-refractivity contribution in [2.24, 2.45) is 0 Å². The van der Waals surface area contributed by atoms with Crippen molar-refractivity contribution in [3.8, 4) is 0 Å². The Morgan fingerprint density at radius 1 is 1.31 bits per heavy atom. The fourth-order valence-corrected chi connectivity index (χ4v) is 2.16. The molecule has 2 heteroatoms. The maximum Gasteiger partial charge on any atom is 0.0191 e. The van der Waals surface area contributed by atoms with Crippen LogP contribution < -0.4 is 5.32 Å². The highest BCUT2D eigenvalue weighted by molar-refractivity contribution is 4.89. The molecule has 0 radical (unpaired) electrons. The minimum atomic E-state index is 0.461. The van der Waals surface area contributed by atoms with Crippen LogP contribution in [0.3, 0.4) is 0 Å². The lowest BCUT2D eigenvalue weighted by Gasteiger charge is -2.38. The molecule has 0 aromatic rings. The number of hydrogen-bond donors (Lipinski definition) is 1. The number of nitrogens with zero attached hydrogens (tertiary/aromatic N) is 1. The molecule has 0 saturated carbocycles. The number of nitrogens with one attached hydrogen (secondary N) is 1. The normalized spacial score (nSPS) is 29.5. The number of rotatable bonds is 4. The summed E-state index contributed by atoms with van der Waals surface area (Å²) < 4.78 is 0. The van der Waals surface area contributed by atoms with Gasteiger partial charge in [0.15, 0.2) is 0 Å². The summed E-state index contributed by atoms with van der Waals surface area (Å²) in [4.78, 5) is 2.29. The van der Waals surface area contributed by atoms with Crippen molar-refractivity contribution >= 4 is 0 Å². The summed E-state index contributed by atoms with van der Waals surface area (Å²) in [7, 11) is 4.32. The van der Waals surface area contributed by atoms with Gasteiger partial charge < -0.3 is 10.2 Å². The average molecular weight is 184 g/mol. The molecule has 1 rings (SSSR count). The van der Waals surface area contributed by atoms with Crippen LogP contribution in [0.25, 0.3) is 0 Å². The molecule has 0 bridgehead atoms. The molecule has 0 aromatic heterocycles. The summed E-state index contributed by atoms with van der Waals surface area (Å²) in [6, 6.07) is 0. The van der Waals surface area contributed by atoms with Crippen LogP contribution in [0.1, 0.15) is 39.0 Å².